The molecule has 2 N–H and O–H groups in total. The van der Waals surface area contributed by atoms with Crippen LogP contribution in [-0.4, -0.2) is 22.7 Å². The summed E-state index contributed by atoms with van der Waals surface area (Å²) in [7, 11) is 0. The van der Waals surface area contributed by atoms with E-state index in [1.165, 1.54) is 0 Å². The number of hydrogen-bond donors (Lipinski definition) is 2. The molecule has 0 aromatic rings. The van der Waals surface area contributed by atoms with E-state index in [0.717, 1.165) is 6.42 Å². The molecule has 0 aromatic carbocycles. The molecule has 0 bridgehead atoms. The maximum Gasteiger partial charge on any atom is 0.320 e. The lowest BCUT2D eigenvalue weighted by atomic mass is 10.00. The molecule has 0 saturated carbocycles. The van der Waals surface area contributed by atoms with E-state index < -0.39 is 12.0 Å². The van der Waals surface area contributed by atoms with Gasteiger partial charge in [-0.15, -0.1) is 0 Å². The van der Waals surface area contributed by atoms with Crippen LogP contribution in [0.1, 0.15) is 40.5 Å². The number of rotatable bonds is 5. The lowest BCUT2D eigenvalue weighted by molar-refractivity contribution is -0.140. The van der Waals surface area contributed by atoms with Gasteiger partial charge in [-0.3, -0.25) is 10.1 Å². The standard InChI is InChI=1S/C9H19NO2/c1-5-7(8(11)12)10-9(3,4)6-2/h7,10H,5-6H2,1-4H3,(H,11,12). The molecular formula is C9H19NO2. The molecule has 3 heteroatoms. The SMILES string of the molecule is CCC(NC(C)(C)CC)C(=O)O. The van der Waals surface area contributed by atoms with Crippen molar-refractivity contribution in [3.05, 3.63) is 0 Å². The van der Waals surface area contributed by atoms with Crippen molar-refractivity contribution in [2.75, 3.05) is 0 Å². The first-order valence-corrected chi connectivity index (χ1v) is 4.43. The highest BCUT2D eigenvalue weighted by atomic mass is 16.4. The fraction of sp³-hybridized carbons (Fsp3) is 0.889. The van der Waals surface area contributed by atoms with Crippen LogP contribution in [-0.2, 0) is 4.79 Å². The van der Waals surface area contributed by atoms with Crippen LogP contribution in [0.3, 0.4) is 0 Å². The van der Waals surface area contributed by atoms with Gasteiger partial charge in [-0.2, -0.15) is 0 Å². The maximum absolute atomic E-state index is 10.7. The van der Waals surface area contributed by atoms with Gasteiger partial charge in [0.2, 0.25) is 0 Å². The lowest BCUT2D eigenvalue weighted by Crippen LogP contribution is -2.48. The third-order valence-corrected chi connectivity index (χ3v) is 2.16. The topological polar surface area (TPSA) is 49.3 Å². The largest absolute Gasteiger partial charge is 0.480 e. The molecule has 0 rings (SSSR count). The van der Waals surface area contributed by atoms with E-state index >= 15 is 0 Å². The third-order valence-electron chi connectivity index (χ3n) is 2.16. The minimum absolute atomic E-state index is 0.0843. The van der Waals surface area contributed by atoms with Crippen LogP contribution in [0, 0.1) is 0 Å². The Labute approximate surface area is 74.2 Å². The zero-order valence-electron chi connectivity index (χ0n) is 8.35. The van der Waals surface area contributed by atoms with E-state index in [-0.39, 0.29) is 5.54 Å². The Bertz CT molecular complexity index is 155. The highest BCUT2D eigenvalue weighted by Gasteiger charge is 2.23. The molecule has 1 unspecified atom stereocenters. The first-order valence-electron chi connectivity index (χ1n) is 4.43. The molecule has 12 heavy (non-hydrogen) atoms. The zero-order valence-corrected chi connectivity index (χ0v) is 8.35. The summed E-state index contributed by atoms with van der Waals surface area (Å²) in [5, 5.41) is 11.9. The Balaban J connectivity index is 4.11. The number of carboxylic acid groups (broad SMARTS) is 1. The van der Waals surface area contributed by atoms with Gasteiger partial charge in [0.1, 0.15) is 6.04 Å². The van der Waals surface area contributed by atoms with Crippen LogP contribution < -0.4 is 5.32 Å². The summed E-state index contributed by atoms with van der Waals surface area (Å²) in [5.41, 5.74) is -0.0843. The van der Waals surface area contributed by atoms with Crippen LogP contribution in [0.5, 0.6) is 0 Å². The molecule has 0 saturated heterocycles. The molecule has 0 aliphatic rings. The molecule has 0 amide bonds. The molecule has 72 valence electrons. The predicted molar refractivity (Wildman–Crippen MR) is 49.2 cm³/mol. The van der Waals surface area contributed by atoms with E-state index in [2.05, 4.69) is 5.32 Å². The van der Waals surface area contributed by atoms with Crippen molar-refractivity contribution in [3.8, 4) is 0 Å². The quantitative estimate of drug-likeness (QED) is 0.664. The van der Waals surface area contributed by atoms with Gasteiger partial charge < -0.3 is 5.11 Å². The van der Waals surface area contributed by atoms with Crippen LogP contribution in [0.25, 0.3) is 0 Å². The Morgan fingerprint density at radius 2 is 2.00 bits per heavy atom. The zero-order chi connectivity index (χ0) is 9.78. The van der Waals surface area contributed by atoms with Gasteiger partial charge in [0.25, 0.3) is 0 Å². The average molecular weight is 173 g/mol. The van der Waals surface area contributed by atoms with Crippen LogP contribution in [0.2, 0.25) is 0 Å². The van der Waals surface area contributed by atoms with Crippen molar-refractivity contribution in [2.24, 2.45) is 0 Å². The number of aliphatic carboxylic acids is 1. The van der Waals surface area contributed by atoms with Crippen LogP contribution in [0.15, 0.2) is 0 Å². The van der Waals surface area contributed by atoms with E-state index in [4.69, 9.17) is 5.11 Å². The Morgan fingerprint density at radius 3 is 2.25 bits per heavy atom. The summed E-state index contributed by atoms with van der Waals surface area (Å²) >= 11 is 0. The molecule has 3 nitrogen and oxygen atoms in total. The van der Waals surface area contributed by atoms with E-state index in [9.17, 15) is 4.79 Å². The molecule has 0 spiro atoms. The first-order chi connectivity index (χ1) is 5.43. The summed E-state index contributed by atoms with van der Waals surface area (Å²) < 4.78 is 0. The van der Waals surface area contributed by atoms with Gasteiger partial charge in [0.15, 0.2) is 0 Å². The summed E-state index contributed by atoms with van der Waals surface area (Å²) in [6.07, 6.45) is 1.55. The smallest absolute Gasteiger partial charge is 0.320 e. The van der Waals surface area contributed by atoms with Crippen LogP contribution in [0.4, 0.5) is 0 Å². The van der Waals surface area contributed by atoms with Gasteiger partial charge in [0.05, 0.1) is 0 Å². The second kappa shape index (κ2) is 4.45. The first kappa shape index (κ1) is 11.4. The van der Waals surface area contributed by atoms with Crippen molar-refractivity contribution < 1.29 is 9.90 Å². The summed E-state index contributed by atoms with van der Waals surface area (Å²) in [4.78, 5) is 10.7. The highest BCUT2D eigenvalue weighted by molar-refractivity contribution is 5.73. The third kappa shape index (κ3) is 3.72. The lowest BCUT2D eigenvalue weighted by Gasteiger charge is -2.28. The van der Waals surface area contributed by atoms with Crippen molar-refractivity contribution in [1.29, 1.82) is 0 Å². The van der Waals surface area contributed by atoms with Crippen LogP contribution >= 0.6 is 0 Å². The molecule has 0 aromatic heterocycles. The Morgan fingerprint density at radius 1 is 1.50 bits per heavy atom. The molecule has 0 heterocycles. The summed E-state index contributed by atoms with van der Waals surface area (Å²) in [5.74, 6) is -0.765. The fourth-order valence-corrected chi connectivity index (χ4v) is 0.912. The van der Waals surface area contributed by atoms with E-state index in [1.807, 2.05) is 27.7 Å². The van der Waals surface area contributed by atoms with Crippen molar-refractivity contribution in [2.45, 2.75) is 52.1 Å². The number of hydrogen-bond acceptors (Lipinski definition) is 2. The van der Waals surface area contributed by atoms with Gasteiger partial charge in [-0.25, -0.2) is 0 Å². The molecule has 0 fully saturated rings. The van der Waals surface area contributed by atoms with Crippen molar-refractivity contribution in [1.82, 2.24) is 5.32 Å². The van der Waals surface area contributed by atoms with Gasteiger partial charge >= 0.3 is 5.97 Å². The molecule has 0 radical (unpaired) electrons. The summed E-state index contributed by atoms with van der Waals surface area (Å²) in [6, 6.07) is -0.417. The monoisotopic (exact) mass is 173 g/mol. The fourth-order valence-electron chi connectivity index (χ4n) is 0.912. The summed E-state index contributed by atoms with van der Waals surface area (Å²) in [6.45, 7) is 7.94. The molecule has 0 aliphatic heterocycles. The van der Waals surface area contributed by atoms with Crippen molar-refractivity contribution >= 4 is 5.97 Å². The van der Waals surface area contributed by atoms with Gasteiger partial charge in [-0.1, -0.05) is 13.8 Å². The average Bonchev–Trinajstić information content (AvgIpc) is 2.00. The number of carbonyl (C=O) groups is 1. The van der Waals surface area contributed by atoms with Gasteiger partial charge in [0, 0.05) is 5.54 Å². The van der Waals surface area contributed by atoms with E-state index in [1.54, 1.807) is 0 Å². The molecule has 1 atom stereocenters. The predicted octanol–water partition coefficient (Wildman–Crippen LogP) is 1.63. The number of nitrogens with one attached hydrogen (secondary N) is 1. The maximum atomic E-state index is 10.7. The Kier molecular flexibility index (Phi) is 4.24. The van der Waals surface area contributed by atoms with E-state index in [0.29, 0.717) is 6.42 Å². The number of carboxylic acids is 1. The second-order valence-electron chi connectivity index (χ2n) is 3.68. The minimum Gasteiger partial charge on any atom is -0.480 e. The second-order valence-corrected chi connectivity index (χ2v) is 3.68. The molecular weight excluding hydrogens is 154 g/mol. The molecule has 0 aliphatic carbocycles. The highest BCUT2D eigenvalue weighted by Crippen LogP contribution is 2.09. The minimum atomic E-state index is -0.765. The normalized spacial score (nSPS) is 14.3. The van der Waals surface area contributed by atoms with Crippen molar-refractivity contribution in [3.63, 3.8) is 0 Å². The van der Waals surface area contributed by atoms with Gasteiger partial charge in [-0.05, 0) is 26.7 Å². The Hall–Kier alpha value is -0.570.